The Hall–Kier alpha value is -1.08. The van der Waals surface area contributed by atoms with E-state index in [1.165, 1.54) is 12.1 Å². The maximum Gasteiger partial charge on any atom is 0.417 e. The third-order valence-electron chi connectivity index (χ3n) is 2.30. The second-order valence-electron chi connectivity index (χ2n) is 3.64. The van der Waals surface area contributed by atoms with Crippen LogP contribution in [0.4, 0.5) is 13.2 Å². The lowest BCUT2D eigenvalue weighted by Crippen LogP contribution is -2.07. The Balaban J connectivity index is 2.48. The van der Waals surface area contributed by atoms with Gasteiger partial charge in [0, 0.05) is 22.3 Å². The highest BCUT2D eigenvalue weighted by Crippen LogP contribution is 2.37. The van der Waals surface area contributed by atoms with Crippen LogP contribution in [0.25, 0.3) is 11.4 Å². The lowest BCUT2D eigenvalue weighted by atomic mass is 10.1. The summed E-state index contributed by atoms with van der Waals surface area (Å²) in [7, 11) is 0. The lowest BCUT2D eigenvalue weighted by molar-refractivity contribution is -0.137. The molecular formula is C11H7BrClF3N2O. The van der Waals surface area contributed by atoms with Crippen LogP contribution < -0.4 is 0 Å². The minimum absolute atomic E-state index is 0.0973. The lowest BCUT2D eigenvalue weighted by Gasteiger charge is -2.10. The maximum atomic E-state index is 12.9. The van der Waals surface area contributed by atoms with E-state index in [-0.39, 0.29) is 23.2 Å². The summed E-state index contributed by atoms with van der Waals surface area (Å²) in [4.78, 5) is 3.90. The van der Waals surface area contributed by atoms with Gasteiger partial charge in [0.1, 0.15) is 0 Å². The summed E-state index contributed by atoms with van der Waals surface area (Å²) in [6, 6.07) is 3.76. The van der Waals surface area contributed by atoms with E-state index in [0.29, 0.717) is 10.9 Å². The summed E-state index contributed by atoms with van der Waals surface area (Å²) in [5, 5.41) is 3.55. The Morgan fingerprint density at radius 1 is 1.32 bits per heavy atom. The van der Waals surface area contributed by atoms with Crippen LogP contribution in [0.3, 0.4) is 0 Å². The molecule has 0 radical (unpaired) electrons. The van der Waals surface area contributed by atoms with Gasteiger partial charge < -0.3 is 4.52 Å². The molecule has 0 atom stereocenters. The Labute approximate surface area is 119 Å². The molecule has 1 heterocycles. The fraction of sp³-hybridized carbons (Fsp3) is 0.273. The van der Waals surface area contributed by atoms with Gasteiger partial charge in [0.25, 0.3) is 0 Å². The quantitative estimate of drug-likeness (QED) is 0.771. The molecule has 0 amide bonds. The molecular weight excluding hydrogens is 348 g/mol. The number of hydrogen-bond acceptors (Lipinski definition) is 3. The Morgan fingerprint density at radius 3 is 2.68 bits per heavy atom. The first-order valence-corrected chi connectivity index (χ1v) is 6.50. The van der Waals surface area contributed by atoms with Crippen molar-refractivity contribution in [1.82, 2.24) is 10.1 Å². The number of aryl methyl sites for hydroxylation is 1. The molecule has 0 saturated heterocycles. The van der Waals surface area contributed by atoms with Crippen LogP contribution in [-0.2, 0) is 12.6 Å². The number of benzene rings is 1. The third kappa shape index (κ3) is 3.27. The van der Waals surface area contributed by atoms with Crippen molar-refractivity contribution in [2.24, 2.45) is 0 Å². The molecule has 1 aromatic carbocycles. The minimum Gasteiger partial charge on any atom is -0.339 e. The van der Waals surface area contributed by atoms with Gasteiger partial charge >= 0.3 is 6.18 Å². The van der Waals surface area contributed by atoms with Crippen LogP contribution in [-0.4, -0.2) is 16.0 Å². The first kappa shape index (κ1) is 14.3. The highest BCUT2D eigenvalue weighted by molar-refractivity contribution is 9.10. The van der Waals surface area contributed by atoms with Gasteiger partial charge in [0.2, 0.25) is 11.7 Å². The molecule has 3 nitrogen and oxygen atoms in total. The van der Waals surface area contributed by atoms with Crippen LogP contribution in [0.2, 0.25) is 0 Å². The number of nitrogens with zero attached hydrogens (tertiary/aromatic N) is 2. The molecule has 1 aromatic heterocycles. The molecule has 0 spiro atoms. The molecule has 0 unspecified atom stereocenters. The highest BCUT2D eigenvalue weighted by atomic mass is 79.9. The number of hydrogen-bond donors (Lipinski definition) is 0. The van der Waals surface area contributed by atoms with Gasteiger partial charge in [-0.05, 0) is 18.2 Å². The van der Waals surface area contributed by atoms with E-state index in [2.05, 4.69) is 26.1 Å². The van der Waals surface area contributed by atoms with Gasteiger partial charge in [-0.25, -0.2) is 0 Å². The topological polar surface area (TPSA) is 38.9 Å². The molecule has 8 heteroatoms. The van der Waals surface area contributed by atoms with E-state index < -0.39 is 11.7 Å². The van der Waals surface area contributed by atoms with Crippen LogP contribution >= 0.6 is 27.5 Å². The van der Waals surface area contributed by atoms with Gasteiger partial charge in [-0.2, -0.15) is 18.2 Å². The molecule has 0 saturated carbocycles. The molecule has 19 heavy (non-hydrogen) atoms. The number of aromatic nitrogens is 2. The van der Waals surface area contributed by atoms with E-state index in [9.17, 15) is 13.2 Å². The van der Waals surface area contributed by atoms with E-state index >= 15 is 0 Å². The van der Waals surface area contributed by atoms with Crippen molar-refractivity contribution in [1.29, 1.82) is 0 Å². The van der Waals surface area contributed by atoms with Crippen LogP contribution in [0.15, 0.2) is 27.2 Å². The maximum absolute atomic E-state index is 12.9. The molecule has 0 fully saturated rings. The van der Waals surface area contributed by atoms with Crippen molar-refractivity contribution >= 4 is 27.5 Å². The van der Waals surface area contributed by atoms with Crippen molar-refractivity contribution in [3.05, 3.63) is 34.1 Å². The van der Waals surface area contributed by atoms with Crippen LogP contribution in [0.1, 0.15) is 11.5 Å². The number of rotatable bonds is 3. The van der Waals surface area contributed by atoms with Crippen LogP contribution in [0, 0.1) is 0 Å². The van der Waals surface area contributed by atoms with E-state index in [1.807, 2.05) is 0 Å². The van der Waals surface area contributed by atoms with Crippen LogP contribution in [0.5, 0.6) is 0 Å². The fourth-order valence-electron chi connectivity index (χ4n) is 1.49. The summed E-state index contributed by atoms with van der Waals surface area (Å²) in [6.45, 7) is 0. The van der Waals surface area contributed by atoms with Crippen molar-refractivity contribution in [2.45, 2.75) is 12.6 Å². The molecule has 102 valence electrons. The minimum atomic E-state index is -4.49. The monoisotopic (exact) mass is 354 g/mol. The fourth-order valence-corrected chi connectivity index (χ4v) is 2.02. The smallest absolute Gasteiger partial charge is 0.339 e. The summed E-state index contributed by atoms with van der Waals surface area (Å²) in [5.74, 6) is 0.370. The van der Waals surface area contributed by atoms with E-state index in [4.69, 9.17) is 16.1 Å². The largest absolute Gasteiger partial charge is 0.417 e. The zero-order chi connectivity index (χ0) is 14.0. The molecule has 0 aliphatic carbocycles. The number of alkyl halides is 4. The summed E-state index contributed by atoms with van der Waals surface area (Å²) in [6.07, 6.45) is -4.18. The zero-order valence-corrected chi connectivity index (χ0v) is 11.7. The Morgan fingerprint density at radius 2 is 2.05 bits per heavy atom. The average molecular weight is 356 g/mol. The predicted molar refractivity (Wildman–Crippen MR) is 66.9 cm³/mol. The normalized spacial score (nSPS) is 11.8. The van der Waals surface area contributed by atoms with Crippen molar-refractivity contribution in [2.75, 3.05) is 5.88 Å². The number of halogens is 5. The second kappa shape index (κ2) is 5.50. The first-order chi connectivity index (χ1) is 8.91. The van der Waals surface area contributed by atoms with Gasteiger partial charge in [0.15, 0.2) is 0 Å². The first-order valence-electron chi connectivity index (χ1n) is 5.17. The molecule has 0 bridgehead atoms. The second-order valence-corrected chi connectivity index (χ2v) is 4.93. The molecule has 0 aliphatic rings. The highest BCUT2D eigenvalue weighted by Gasteiger charge is 2.35. The molecule has 0 N–H and O–H groups in total. The summed E-state index contributed by atoms with van der Waals surface area (Å²) >= 11 is 8.51. The van der Waals surface area contributed by atoms with Gasteiger partial charge in [-0.3, -0.25) is 0 Å². The van der Waals surface area contributed by atoms with Gasteiger partial charge in [-0.1, -0.05) is 21.1 Å². The summed E-state index contributed by atoms with van der Waals surface area (Å²) < 4.78 is 44.0. The zero-order valence-electron chi connectivity index (χ0n) is 9.34. The van der Waals surface area contributed by atoms with E-state index in [1.54, 1.807) is 0 Å². The molecule has 2 aromatic rings. The Kier molecular flexibility index (Phi) is 4.15. The predicted octanol–water partition coefficient (Wildman–Crippen LogP) is 4.30. The van der Waals surface area contributed by atoms with Crippen molar-refractivity contribution in [3.8, 4) is 11.4 Å². The third-order valence-corrected chi connectivity index (χ3v) is 2.99. The molecule has 0 aliphatic heterocycles. The van der Waals surface area contributed by atoms with Crippen molar-refractivity contribution in [3.63, 3.8) is 0 Å². The standard InChI is InChI=1S/C11H7BrClF3N2O/c12-6-1-2-7(8(5-6)11(14,15)16)10-17-9(3-4-13)19-18-10/h1-2,5H,3-4H2. The van der Waals surface area contributed by atoms with Gasteiger partial charge in [0.05, 0.1) is 5.56 Å². The SMILES string of the molecule is FC(F)(F)c1cc(Br)ccc1-c1noc(CCCl)n1. The molecule has 2 rings (SSSR count). The average Bonchev–Trinajstić information content (AvgIpc) is 2.77. The van der Waals surface area contributed by atoms with E-state index in [0.717, 1.165) is 6.07 Å². The van der Waals surface area contributed by atoms with Crippen molar-refractivity contribution < 1.29 is 17.7 Å². The Bertz CT molecular complexity index is 586. The van der Waals surface area contributed by atoms with Gasteiger partial charge in [-0.15, -0.1) is 11.6 Å². The summed E-state index contributed by atoms with van der Waals surface area (Å²) in [5.41, 5.74) is -0.944.